The second kappa shape index (κ2) is 9.28. The van der Waals surface area contributed by atoms with Gasteiger partial charge in [0.15, 0.2) is 6.61 Å². The van der Waals surface area contributed by atoms with Crippen molar-refractivity contribution in [2.45, 2.75) is 11.5 Å². The average Bonchev–Trinajstić information content (AvgIpc) is 3.28. The summed E-state index contributed by atoms with van der Waals surface area (Å²) in [7, 11) is 0. The average molecular weight is 417 g/mol. The first-order valence-electron chi connectivity index (χ1n) is 9.29. The Morgan fingerprint density at radius 2 is 1.73 bits per heavy atom. The molecule has 0 bridgehead atoms. The Balaban J connectivity index is 1.47. The lowest BCUT2D eigenvalue weighted by molar-refractivity contribution is 0.102. The Bertz CT molecular complexity index is 1150. The van der Waals surface area contributed by atoms with Crippen LogP contribution in [0.5, 0.6) is 5.75 Å². The van der Waals surface area contributed by atoms with Gasteiger partial charge in [-0.1, -0.05) is 59.8 Å². The van der Waals surface area contributed by atoms with Crippen LogP contribution >= 0.6 is 11.8 Å². The lowest BCUT2D eigenvalue weighted by Gasteiger charge is -2.12. The van der Waals surface area contributed by atoms with E-state index in [0.29, 0.717) is 23.0 Å². The summed E-state index contributed by atoms with van der Waals surface area (Å²) in [5.74, 6) is 1.02. The lowest BCUT2D eigenvalue weighted by Crippen LogP contribution is -2.14. The largest absolute Gasteiger partial charge is 0.483 e. The number of nitrogens with one attached hydrogen (secondary N) is 1. The number of carbonyl (C=O) groups excluding carboxylic acids is 1. The van der Waals surface area contributed by atoms with Crippen LogP contribution in [0.1, 0.15) is 16.2 Å². The van der Waals surface area contributed by atoms with Gasteiger partial charge < -0.3 is 14.6 Å². The van der Waals surface area contributed by atoms with Crippen LogP contribution in [0.2, 0.25) is 0 Å². The van der Waals surface area contributed by atoms with E-state index in [1.807, 2.05) is 66.9 Å². The SMILES string of the molecule is CSc1ccccc1NC(=O)c1ccccc1OCc1nc(-c2ccccc2)no1. The van der Waals surface area contributed by atoms with Gasteiger partial charge in [0.05, 0.1) is 11.3 Å². The number of amides is 1. The monoisotopic (exact) mass is 417 g/mol. The number of hydrogen-bond donors (Lipinski definition) is 1. The van der Waals surface area contributed by atoms with Gasteiger partial charge in [-0.25, -0.2) is 0 Å². The summed E-state index contributed by atoms with van der Waals surface area (Å²) in [5, 5.41) is 6.93. The van der Waals surface area contributed by atoms with E-state index in [-0.39, 0.29) is 12.5 Å². The molecule has 0 atom stereocenters. The summed E-state index contributed by atoms with van der Waals surface area (Å²) in [6, 6.07) is 24.3. The van der Waals surface area contributed by atoms with E-state index >= 15 is 0 Å². The Morgan fingerprint density at radius 3 is 2.57 bits per heavy atom. The van der Waals surface area contributed by atoms with Crippen molar-refractivity contribution in [1.82, 2.24) is 10.1 Å². The highest BCUT2D eigenvalue weighted by Crippen LogP contribution is 2.27. The van der Waals surface area contributed by atoms with E-state index in [2.05, 4.69) is 15.5 Å². The molecule has 6 nitrogen and oxygen atoms in total. The van der Waals surface area contributed by atoms with Gasteiger partial charge >= 0.3 is 0 Å². The van der Waals surface area contributed by atoms with Crippen molar-refractivity contribution in [2.75, 3.05) is 11.6 Å². The zero-order chi connectivity index (χ0) is 20.8. The fourth-order valence-electron chi connectivity index (χ4n) is 2.88. The van der Waals surface area contributed by atoms with Crippen LogP contribution in [0.25, 0.3) is 11.4 Å². The molecule has 0 unspecified atom stereocenters. The third-order valence-corrected chi connectivity index (χ3v) is 5.13. The van der Waals surface area contributed by atoms with Crippen molar-refractivity contribution in [3.05, 3.63) is 90.3 Å². The van der Waals surface area contributed by atoms with Crippen molar-refractivity contribution in [3.8, 4) is 17.1 Å². The van der Waals surface area contributed by atoms with E-state index < -0.39 is 0 Å². The molecule has 3 aromatic carbocycles. The number of ether oxygens (including phenoxy) is 1. The molecule has 0 aliphatic carbocycles. The molecule has 150 valence electrons. The second-order valence-electron chi connectivity index (χ2n) is 6.32. The van der Waals surface area contributed by atoms with Crippen LogP contribution in [0.3, 0.4) is 0 Å². The van der Waals surface area contributed by atoms with Crippen molar-refractivity contribution in [3.63, 3.8) is 0 Å². The number of benzene rings is 3. The number of aromatic nitrogens is 2. The molecule has 1 N–H and O–H groups in total. The van der Waals surface area contributed by atoms with Gasteiger partial charge in [-0.15, -0.1) is 11.8 Å². The molecular weight excluding hydrogens is 398 g/mol. The minimum atomic E-state index is -0.248. The maximum atomic E-state index is 12.9. The van der Waals surface area contributed by atoms with Gasteiger partial charge in [0, 0.05) is 10.5 Å². The van der Waals surface area contributed by atoms with E-state index in [0.717, 1.165) is 16.1 Å². The standard InChI is InChI=1S/C23H19N3O3S/c1-30-20-14-8-6-12-18(20)24-23(27)17-11-5-7-13-19(17)28-15-21-25-22(26-29-21)16-9-3-2-4-10-16/h2-14H,15H2,1H3,(H,24,27). The van der Waals surface area contributed by atoms with Crippen molar-refractivity contribution < 1.29 is 14.1 Å². The molecule has 1 heterocycles. The highest BCUT2D eigenvalue weighted by Gasteiger charge is 2.15. The van der Waals surface area contributed by atoms with Crippen LogP contribution < -0.4 is 10.1 Å². The van der Waals surface area contributed by atoms with E-state index in [1.54, 1.807) is 30.0 Å². The van der Waals surface area contributed by atoms with Crippen molar-refractivity contribution in [1.29, 1.82) is 0 Å². The molecule has 0 saturated heterocycles. The maximum Gasteiger partial charge on any atom is 0.264 e. The highest BCUT2D eigenvalue weighted by atomic mass is 32.2. The summed E-state index contributed by atoms with van der Waals surface area (Å²) in [6.45, 7) is 0.0610. The fourth-order valence-corrected chi connectivity index (χ4v) is 3.43. The van der Waals surface area contributed by atoms with Crippen LogP contribution in [-0.2, 0) is 6.61 Å². The fraction of sp³-hybridized carbons (Fsp3) is 0.0870. The van der Waals surface area contributed by atoms with Gasteiger partial charge in [0.1, 0.15) is 5.75 Å². The molecule has 0 aliphatic heterocycles. The third-order valence-electron chi connectivity index (χ3n) is 4.34. The highest BCUT2D eigenvalue weighted by molar-refractivity contribution is 7.98. The van der Waals surface area contributed by atoms with E-state index in [1.165, 1.54) is 0 Å². The zero-order valence-electron chi connectivity index (χ0n) is 16.2. The van der Waals surface area contributed by atoms with E-state index in [9.17, 15) is 4.79 Å². The molecule has 0 spiro atoms. The normalized spacial score (nSPS) is 10.6. The van der Waals surface area contributed by atoms with Crippen LogP contribution in [0, 0.1) is 0 Å². The molecule has 4 rings (SSSR count). The Labute approximate surface area is 178 Å². The van der Waals surface area contributed by atoms with Crippen LogP contribution in [-0.4, -0.2) is 22.3 Å². The summed E-state index contributed by atoms with van der Waals surface area (Å²) >= 11 is 1.57. The Morgan fingerprint density at radius 1 is 1.00 bits per heavy atom. The van der Waals surface area contributed by atoms with Crippen LogP contribution in [0.15, 0.2) is 88.3 Å². The number of thioether (sulfide) groups is 1. The summed E-state index contributed by atoms with van der Waals surface area (Å²) in [4.78, 5) is 18.2. The first kappa shape index (κ1) is 19.7. The molecule has 0 radical (unpaired) electrons. The van der Waals surface area contributed by atoms with Crippen LogP contribution in [0.4, 0.5) is 5.69 Å². The Kier molecular flexibility index (Phi) is 6.10. The zero-order valence-corrected chi connectivity index (χ0v) is 17.1. The molecule has 30 heavy (non-hydrogen) atoms. The van der Waals surface area contributed by atoms with Gasteiger partial charge in [-0.05, 0) is 30.5 Å². The quantitative estimate of drug-likeness (QED) is 0.412. The van der Waals surface area contributed by atoms with E-state index in [4.69, 9.17) is 9.26 Å². The second-order valence-corrected chi connectivity index (χ2v) is 7.17. The van der Waals surface area contributed by atoms with Crippen molar-refractivity contribution in [2.24, 2.45) is 0 Å². The van der Waals surface area contributed by atoms with Gasteiger partial charge in [0.2, 0.25) is 5.82 Å². The summed E-state index contributed by atoms with van der Waals surface area (Å²) < 4.78 is 11.1. The first-order valence-corrected chi connectivity index (χ1v) is 10.5. The molecular formula is C23H19N3O3S. The minimum absolute atomic E-state index is 0.0610. The predicted molar refractivity (Wildman–Crippen MR) is 117 cm³/mol. The number of nitrogens with zero attached hydrogens (tertiary/aromatic N) is 2. The first-order chi connectivity index (χ1) is 14.7. The topological polar surface area (TPSA) is 77.2 Å². The minimum Gasteiger partial charge on any atom is -0.483 e. The Hall–Kier alpha value is -3.58. The number of para-hydroxylation sites is 2. The molecule has 0 aliphatic rings. The molecule has 4 aromatic rings. The van der Waals surface area contributed by atoms with Gasteiger partial charge in [0.25, 0.3) is 11.8 Å². The third kappa shape index (κ3) is 4.52. The molecule has 7 heteroatoms. The van der Waals surface area contributed by atoms with Crippen molar-refractivity contribution >= 4 is 23.4 Å². The summed E-state index contributed by atoms with van der Waals surface area (Å²) in [6.07, 6.45) is 1.97. The lowest BCUT2D eigenvalue weighted by atomic mass is 10.2. The smallest absolute Gasteiger partial charge is 0.264 e. The molecule has 1 amide bonds. The summed E-state index contributed by atoms with van der Waals surface area (Å²) in [5.41, 5.74) is 2.05. The molecule has 0 fully saturated rings. The molecule has 1 aromatic heterocycles. The number of rotatable bonds is 7. The van der Waals surface area contributed by atoms with Gasteiger partial charge in [-0.2, -0.15) is 4.98 Å². The molecule has 0 saturated carbocycles. The number of carbonyl (C=O) groups is 1. The predicted octanol–water partition coefficient (Wildman–Crippen LogP) is 5.29. The number of anilines is 1. The van der Waals surface area contributed by atoms with Gasteiger partial charge in [-0.3, -0.25) is 4.79 Å². The number of hydrogen-bond acceptors (Lipinski definition) is 6. The maximum absolute atomic E-state index is 12.9.